The van der Waals surface area contributed by atoms with Gasteiger partial charge in [-0.25, -0.2) is 4.39 Å². The Morgan fingerprint density at radius 1 is 1.24 bits per heavy atom. The van der Waals surface area contributed by atoms with Gasteiger partial charge in [0.2, 0.25) is 0 Å². The smallest absolute Gasteiger partial charge is 0.144 e. The van der Waals surface area contributed by atoms with Gasteiger partial charge in [-0.15, -0.1) is 0 Å². The number of benzene rings is 1. The fourth-order valence-electron chi connectivity index (χ4n) is 4.15. The zero-order chi connectivity index (χ0) is 17.8. The van der Waals surface area contributed by atoms with Crippen molar-refractivity contribution in [3.05, 3.63) is 41.8 Å². The molecule has 2 fully saturated rings. The van der Waals surface area contributed by atoms with E-state index >= 15 is 0 Å². The molecule has 3 nitrogen and oxygen atoms in total. The van der Waals surface area contributed by atoms with Gasteiger partial charge in [-0.2, -0.15) is 0 Å². The molecule has 2 saturated carbocycles. The molecule has 132 valence electrons. The second kappa shape index (κ2) is 6.06. The van der Waals surface area contributed by atoms with Crippen LogP contribution in [0, 0.1) is 23.6 Å². The molecule has 0 radical (unpaired) electrons. The number of hydrogen-bond acceptors (Lipinski definition) is 3. The lowest BCUT2D eigenvalue weighted by atomic mass is 9.90. The summed E-state index contributed by atoms with van der Waals surface area (Å²) in [6, 6.07) is 6.86. The van der Waals surface area contributed by atoms with Gasteiger partial charge in [0, 0.05) is 17.5 Å². The molecule has 0 amide bonds. The molecule has 5 atom stereocenters. The van der Waals surface area contributed by atoms with E-state index in [1.165, 1.54) is 11.6 Å². The monoisotopic (exact) mass is 358 g/mol. The van der Waals surface area contributed by atoms with Gasteiger partial charge in [-0.05, 0) is 81.2 Å². The molecule has 0 saturated heterocycles. The average molecular weight is 358 g/mol. The minimum absolute atomic E-state index is 0.209. The van der Waals surface area contributed by atoms with Crippen molar-refractivity contribution in [1.82, 2.24) is 4.98 Å². The Labute approximate surface area is 151 Å². The molecule has 2 aliphatic carbocycles. The van der Waals surface area contributed by atoms with Crippen LogP contribution >= 0.6 is 0 Å². The number of hydrogen-bond donors (Lipinski definition) is 0. The highest BCUT2D eigenvalue weighted by Gasteiger charge is 2.55. The summed E-state index contributed by atoms with van der Waals surface area (Å²) in [6.07, 6.45) is 5.94. The second-order valence-electron chi connectivity index (χ2n) is 8.25. The normalized spacial score (nSPS) is 30.0. The fourth-order valence-corrected chi connectivity index (χ4v) is 4.71. The first kappa shape index (κ1) is 17.0. The van der Waals surface area contributed by atoms with E-state index in [1.807, 2.05) is 39.2 Å². The van der Waals surface area contributed by atoms with Crippen molar-refractivity contribution in [2.45, 2.75) is 44.3 Å². The molecule has 0 spiro atoms. The molecule has 3 unspecified atom stereocenters. The van der Waals surface area contributed by atoms with E-state index in [9.17, 15) is 8.94 Å². The highest BCUT2D eigenvalue weighted by atomic mass is 32.2. The zero-order valence-electron chi connectivity index (χ0n) is 14.8. The Bertz CT molecular complexity index is 820. The first-order valence-corrected chi connectivity index (χ1v) is 9.95. The summed E-state index contributed by atoms with van der Waals surface area (Å²) < 4.78 is 29.7. The second-order valence-corrected chi connectivity index (χ2v) is 10.2. The third kappa shape index (κ3) is 3.20. The van der Waals surface area contributed by atoms with E-state index in [-0.39, 0.29) is 10.6 Å². The molecular weight excluding hydrogens is 335 g/mol. The summed E-state index contributed by atoms with van der Waals surface area (Å²) in [6.45, 7) is 5.83. The molecule has 1 aromatic carbocycles. The first-order chi connectivity index (χ1) is 11.8. The standard InChI is InChI=1S/C20H23FN2OS/c1-20(2,3)25(24)23-11-18-15-8-12(9-16(15)18)14-6-7-22-19-5-4-13(21)10-17(14)19/h4-7,10-12,15-16,18H,8-9H2,1-3H3/t12?,15-,16+,18?,25?. The Hall–Kier alpha value is -1.46. The molecule has 5 heteroatoms. The minimum atomic E-state index is -1.17. The summed E-state index contributed by atoms with van der Waals surface area (Å²) >= 11 is -1.17. The predicted octanol–water partition coefficient (Wildman–Crippen LogP) is 4.65. The molecule has 1 heterocycles. The molecular formula is C20H23FN2OS. The summed E-state index contributed by atoms with van der Waals surface area (Å²) in [5.74, 6) is 1.97. The highest BCUT2D eigenvalue weighted by Crippen LogP contribution is 2.61. The number of rotatable bonds is 3. The van der Waals surface area contributed by atoms with Crippen molar-refractivity contribution in [3.63, 3.8) is 0 Å². The summed E-state index contributed by atoms with van der Waals surface area (Å²) in [5.41, 5.74) is 2.07. The quantitative estimate of drug-likeness (QED) is 0.592. The topological polar surface area (TPSA) is 48.3 Å². The van der Waals surface area contributed by atoms with Crippen molar-refractivity contribution in [2.24, 2.45) is 22.2 Å². The van der Waals surface area contributed by atoms with Crippen molar-refractivity contribution < 1.29 is 8.94 Å². The van der Waals surface area contributed by atoms with Crippen molar-refractivity contribution in [2.75, 3.05) is 0 Å². The Kier molecular flexibility index (Phi) is 4.12. The van der Waals surface area contributed by atoms with Crippen molar-refractivity contribution >= 4 is 28.5 Å². The van der Waals surface area contributed by atoms with Crippen LogP contribution in [0.3, 0.4) is 0 Å². The van der Waals surface area contributed by atoms with Gasteiger partial charge in [0.05, 0.1) is 11.7 Å². The van der Waals surface area contributed by atoms with Gasteiger partial charge in [0.25, 0.3) is 0 Å². The van der Waals surface area contributed by atoms with Gasteiger partial charge < -0.3 is 4.55 Å². The predicted molar refractivity (Wildman–Crippen MR) is 101 cm³/mol. The van der Waals surface area contributed by atoms with E-state index in [2.05, 4.69) is 9.38 Å². The van der Waals surface area contributed by atoms with Gasteiger partial charge >= 0.3 is 0 Å². The van der Waals surface area contributed by atoms with Gasteiger partial charge in [0.1, 0.15) is 21.9 Å². The molecule has 0 aliphatic heterocycles. The van der Waals surface area contributed by atoms with E-state index in [0.717, 1.165) is 23.7 Å². The van der Waals surface area contributed by atoms with Gasteiger partial charge in [0.15, 0.2) is 0 Å². The summed E-state index contributed by atoms with van der Waals surface area (Å²) in [4.78, 5) is 4.35. The van der Waals surface area contributed by atoms with Crippen LogP contribution in [0.4, 0.5) is 4.39 Å². The Morgan fingerprint density at radius 3 is 2.64 bits per heavy atom. The van der Waals surface area contributed by atoms with E-state index in [4.69, 9.17) is 0 Å². The summed E-state index contributed by atoms with van der Waals surface area (Å²) in [7, 11) is 0. The number of halogens is 1. The van der Waals surface area contributed by atoms with Crippen molar-refractivity contribution in [3.8, 4) is 0 Å². The first-order valence-electron chi connectivity index (χ1n) is 8.85. The molecule has 1 aromatic heterocycles. The van der Waals surface area contributed by atoms with Crippen LogP contribution in [0.1, 0.15) is 45.1 Å². The highest BCUT2D eigenvalue weighted by molar-refractivity contribution is 7.91. The molecule has 0 N–H and O–H groups in total. The van der Waals surface area contributed by atoms with E-state index in [0.29, 0.717) is 23.7 Å². The SMILES string of the molecule is CC(C)(C)[S+]([O-])N=CC1[C@H]2CC(c3ccnc4ccc(F)cc34)C[C@@H]12. The van der Waals surface area contributed by atoms with Crippen LogP contribution in [-0.4, -0.2) is 20.5 Å². The van der Waals surface area contributed by atoms with Gasteiger partial charge in [-0.3, -0.25) is 4.98 Å². The van der Waals surface area contributed by atoms with Gasteiger partial charge in [-0.1, -0.05) is 4.40 Å². The van der Waals surface area contributed by atoms with Crippen LogP contribution in [0.2, 0.25) is 0 Å². The Balaban J connectivity index is 1.47. The molecule has 2 aliphatic rings. The maximum atomic E-state index is 13.6. The molecule has 2 aromatic rings. The lowest BCUT2D eigenvalue weighted by Crippen LogP contribution is -2.26. The molecule has 4 rings (SSSR count). The molecule has 0 bridgehead atoms. The van der Waals surface area contributed by atoms with Crippen LogP contribution in [0.25, 0.3) is 10.9 Å². The number of aromatic nitrogens is 1. The largest absolute Gasteiger partial charge is 0.591 e. The van der Waals surface area contributed by atoms with E-state index < -0.39 is 11.4 Å². The molecule has 25 heavy (non-hydrogen) atoms. The maximum Gasteiger partial charge on any atom is 0.144 e. The number of fused-ring (bicyclic) bond motifs is 2. The summed E-state index contributed by atoms with van der Waals surface area (Å²) in [5, 5.41) is 0.938. The third-order valence-corrected chi connectivity index (χ3v) is 6.90. The third-order valence-electron chi connectivity index (χ3n) is 5.54. The average Bonchev–Trinajstić information content (AvgIpc) is 3.00. The minimum Gasteiger partial charge on any atom is -0.591 e. The lowest BCUT2D eigenvalue weighted by molar-refractivity contribution is 0.561. The number of pyridine rings is 1. The zero-order valence-corrected chi connectivity index (χ0v) is 15.6. The fraction of sp³-hybridized carbons (Fsp3) is 0.500. The van der Waals surface area contributed by atoms with Crippen LogP contribution in [-0.2, 0) is 11.4 Å². The number of nitrogens with zero attached hydrogens (tertiary/aromatic N) is 2. The van der Waals surface area contributed by atoms with Crippen molar-refractivity contribution in [1.29, 1.82) is 0 Å². The van der Waals surface area contributed by atoms with Crippen LogP contribution in [0.5, 0.6) is 0 Å². The lowest BCUT2D eigenvalue weighted by Gasteiger charge is -2.18. The van der Waals surface area contributed by atoms with Crippen LogP contribution in [0.15, 0.2) is 34.9 Å². The van der Waals surface area contributed by atoms with Crippen LogP contribution < -0.4 is 0 Å². The maximum absolute atomic E-state index is 13.6. The van der Waals surface area contributed by atoms with E-state index in [1.54, 1.807) is 12.1 Å². The Morgan fingerprint density at radius 2 is 1.96 bits per heavy atom.